The molecule has 136 valence electrons. The van der Waals surface area contributed by atoms with E-state index >= 15 is 0 Å². The lowest BCUT2D eigenvalue weighted by Crippen LogP contribution is -2.07. The summed E-state index contributed by atoms with van der Waals surface area (Å²) in [7, 11) is 0. The summed E-state index contributed by atoms with van der Waals surface area (Å²) < 4.78 is 7.31. The van der Waals surface area contributed by atoms with Crippen LogP contribution in [0.25, 0.3) is 11.6 Å². The Hall–Kier alpha value is -2.25. The molecule has 0 fully saturated rings. The molecule has 0 bridgehead atoms. The van der Waals surface area contributed by atoms with Gasteiger partial charge in [-0.3, -0.25) is 14.4 Å². The van der Waals surface area contributed by atoms with Crippen LogP contribution in [-0.2, 0) is 16.1 Å². The summed E-state index contributed by atoms with van der Waals surface area (Å²) in [5.74, 6) is -0.0820. The Kier molecular flexibility index (Phi) is 6.00. The molecule has 1 N–H and O–H groups in total. The number of carbonyl (C=O) groups is 1. The third-order valence-electron chi connectivity index (χ3n) is 3.97. The Balaban J connectivity index is 1.71. The molecule has 0 saturated carbocycles. The van der Waals surface area contributed by atoms with Gasteiger partial charge in [0.2, 0.25) is 5.88 Å². The van der Waals surface area contributed by atoms with Crippen LogP contribution in [0.1, 0.15) is 36.6 Å². The molecule has 5 nitrogen and oxygen atoms in total. The van der Waals surface area contributed by atoms with Crippen molar-refractivity contribution >= 4 is 53.1 Å². The number of aromatic hydroxyl groups is 1. The van der Waals surface area contributed by atoms with Crippen LogP contribution >= 0.6 is 23.6 Å². The number of hydrogen-bond acceptors (Lipinski definition) is 6. The smallest absolute Gasteiger partial charge is 0.305 e. The van der Waals surface area contributed by atoms with Crippen LogP contribution < -0.4 is 0 Å². The van der Waals surface area contributed by atoms with Gasteiger partial charge in [-0.1, -0.05) is 25.1 Å². The maximum absolute atomic E-state index is 11.6. The molecule has 1 aromatic carbocycles. The minimum absolute atomic E-state index is 0.132. The van der Waals surface area contributed by atoms with E-state index in [2.05, 4.69) is 4.99 Å². The summed E-state index contributed by atoms with van der Waals surface area (Å²) in [6, 6.07) is 7.87. The van der Waals surface area contributed by atoms with E-state index in [-0.39, 0.29) is 11.8 Å². The third-order valence-corrected chi connectivity index (χ3v) is 5.35. The van der Waals surface area contributed by atoms with Crippen molar-refractivity contribution in [2.45, 2.75) is 32.7 Å². The van der Waals surface area contributed by atoms with Gasteiger partial charge in [-0.05, 0) is 37.2 Å². The lowest BCUT2D eigenvalue weighted by molar-refractivity contribution is -0.143. The molecule has 1 aliphatic rings. The van der Waals surface area contributed by atoms with Crippen LogP contribution in [0.2, 0.25) is 0 Å². The highest BCUT2D eigenvalue weighted by molar-refractivity contribution is 7.73. The highest BCUT2D eigenvalue weighted by atomic mass is 32.1. The van der Waals surface area contributed by atoms with E-state index in [0.29, 0.717) is 34.8 Å². The second-order valence-electron chi connectivity index (χ2n) is 5.91. The first-order chi connectivity index (χ1) is 12.6. The van der Waals surface area contributed by atoms with Crippen LogP contribution in [0.5, 0.6) is 5.88 Å². The lowest BCUT2D eigenvalue weighted by Gasteiger charge is -2.05. The highest BCUT2D eigenvalue weighted by Gasteiger charge is 2.15. The molecular weight excluding hydrogens is 368 g/mol. The van der Waals surface area contributed by atoms with Crippen molar-refractivity contribution in [1.82, 2.24) is 4.57 Å². The van der Waals surface area contributed by atoms with Crippen LogP contribution in [0.3, 0.4) is 0 Å². The van der Waals surface area contributed by atoms with Crippen LogP contribution in [0.15, 0.2) is 29.3 Å². The maximum Gasteiger partial charge on any atom is 0.305 e. The number of hydrogen-bond donors (Lipinski definition) is 1. The predicted molar refractivity (Wildman–Crippen MR) is 108 cm³/mol. The van der Waals surface area contributed by atoms with Gasteiger partial charge < -0.3 is 9.84 Å². The summed E-state index contributed by atoms with van der Waals surface area (Å²) in [6.07, 6.45) is 5.39. The number of ether oxygens (including phenoxy) is 1. The largest absolute Gasteiger partial charge is 0.493 e. The molecule has 0 amide bonds. The Labute approximate surface area is 161 Å². The monoisotopic (exact) mass is 388 g/mol. The molecule has 0 radical (unpaired) electrons. The van der Waals surface area contributed by atoms with Gasteiger partial charge >= 0.3 is 5.97 Å². The van der Waals surface area contributed by atoms with E-state index in [1.165, 1.54) is 11.3 Å². The average molecular weight is 389 g/mol. The van der Waals surface area contributed by atoms with Gasteiger partial charge in [-0.25, -0.2) is 0 Å². The first kappa shape index (κ1) is 18.5. The van der Waals surface area contributed by atoms with Gasteiger partial charge in [0, 0.05) is 30.3 Å². The van der Waals surface area contributed by atoms with Gasteiger partial charge in [0.15, 0.2) is 3.95 Å². The maximum atomic E-state index is 11.6. The second-order valence-corrected chi connectivity index (χ2v) is 7.58. The fraction of sp³-hybridized carbons (Fsp3) is 0.316. The fourth-order valence-electron chi connectivity index (χ4n) is 2.67. The molecule has 2 heterocycles. The second kappa shape index (κ2) is 8.42. The summed E-state index contributed by atoms with van der Waals surface area (Å²) in [5, 5.41) is 10.5. The van der Waals surface area contributed by atoms with Crippen molar-refractivity contribution in [1.29, 1.82) is 0 Å². The molecule has 26 heavy (non-hydrogen) atoms. The van der Waals surface area contributed by atoms with Gasteiger partial charge in [0.1, 0.15) is 0 Å². The Morgan fingerprint density at radius 2 is 2.23 bits per heavy atom. The zero-order valence-electron chi connectivity index (χ0n) is 14.5. The van der Waals surface area contributed by atoms with Gasteiger partial charge in [-0.2, -0.15) is 0 Å². The number of aromatic nitrogens is 1. The molecule has 2 aromatic rings. The summed E-state index contributed by atoms with van der Waals surface area (Å²) in [4.78, 5) is 16.6. The van der Waals surface area contributed by atoms with Crippen molar-refractivity contribution in [3.05, 3.63) is 38.7 Å². The number of nitrogens with zero attached hydrogens (tertiary/aromatic N) is 2. The van der Waals surface area contributed by atoms with E-state index in [1.54, 1.807) is 10.8 Å². The van der Waals surface area contributed by atoms with Crippen molar-refractivity contribution in [3.63, 3.8) is 0 Å². The molecule has 0 spiro atoms. The zero-order valence-corrected chi connectivity index (χ0v) is 16.1. The number of rotatable bonds is 7. The topological polar surface area (TPSA) is 63.8 Å². The lowest BCUT2D eigenvalue weighted by atomic mass is 10.1. The van der Waals surface area contributed by atoms with Crippen molar-refractivity contribution in [2.75, 3.05) is 6.61 Å². The quantitative estimate of drug-likeness (QED) is 0.537. The third kappa shape index (κ3) is 4.11. The summed E-state index contributed by atoms with van der Waals surface area (Å²) in [5.41, 5.74) is 2.91. The van der Waals surface area contributed by atoms with E-state index in [1.807, 2.05) is 37.3 Å². The number of fused-ring (bicyclic) bond motifs is 1. The molecule has 0 unspecified atom stereocenters. The SMILES string of the molecule is CCCOC(=O)CCCn1c(O)c(/C=C2\C=Nc3ccccc32)sc1=S. The van der Waals surface area contributed by atoms with E-state index < -0.39 is 0 Å². The minimum atomic E-state index is -0.214. The Bertz CT molecular complexity index is 925. The number of para-hydroxylation sites is 1. The highest BCUT2D eigenvalue weighted by Crippen LogP contribution is 2.35. The Morgan fingerprint density at radius 3 is 3.04 bits per heavy atom. The number of benzene rings is 1. The van der Waals surface area contributed by atoms with Crippen LogP contribution in [-0.4, -0.2) is 28.5 Å². The van der Waals surface area contributed by atoms with E-state index in [4.69, 9.17) is 17.0 Å². The first-order valence-electron chi connectivity index (χ1n) is 8.53. The van der Waals surface area contributed by atoms with Crippen LogP contribution in [0.4, 0.5) is 5.69 Å². The summed E-state index contributed by atoms with van der Waals surface area (Å²) in [6.45, 7) is 2.89. The van der Waals surface area contributed by atoms with E-state index in [9.17, 15) is 9.90 Å². The predicted octanol–water partition coefficient (Wildman–Crippen LogP) is 4.97. The minimum Gasteiger partial charge on any atom is -0.493 e. The fourth-order valence-corrected chi connectivity index (χ4v) is 3.98. The normalized spacial score (nSPS) is 14.0. The number of esters is 1. The first-order valence-corrected chi connectivity index (χ1v) is 9.76. The van der Waals surface area contributed by atoms with Gasteiger partial charge in [0.05, 0.1) is 17.2 Å². The zero-order chi connectivity index (χ0) is 18.5. The molecule has 0 aliphatic carbocycles. The molecule has 7 heteroatoms. The van der Waals surface area contributed by atoms with Gasteiger partial charge in [0.25, 0.3) is 0 Å². The van der Waals surface area contributed by atoms with Crippen molar-refractivity contribution in [2.24, 2.45) is 4.99 Å². The number of aliphatic imine (C=N–C) groups is 1. The molecular formula is C19H20N2O3S2. The number of carbonyl (C=O) groups excluding carboxylic acids is 1. The van der Waals surface area contributed by atoms with Crippen molar-refractivity contribution < 1.29 is 14.6 Å². The number of thiazole rings is 1. The molecule has 1 aliphatic heterocycles. The van der Waals surface area contributed by atoms with E-state index in [0.717, 1.165) is 23.2 Å². The molecule has 0 saturated heterocycles. The molecule has 0 atom stereocenters. The molecule has 3 rings (SSSR count). The Morgan fingerprint density at radius 1 is 1.42 bits per heavy atom. The number of allylic oxidation sites excluding steroid dienone is 1. The summed E-state index contributed by atoms with van der Waals surface area (Å²) >= 11 is 6.72. The van der Waals surface area contributed by atoms with Crippen molar-refractivity contribution in [3.8, 4) is 5.88 Å². The average Bonchev–Trinajstić information content (AvgIpc) is 3.16. The van der Waals surface area contributed by atoms with Gasteiger partial charge in [-0.15, -0.1) is 11.3 Å². The van der Waals surface area contributed by atoms with Crippen LogP contribution in [0, 0.1) is 3.95 Å². The standard InChI is InChI=1S/C19H20N2O3S2/c1-2-10-24-17(22)8-5-9-21-18(23)16(26-19(21)25)11-13-12-20-15-7-4-3-6-14(13)15/h3-4,6-7,11-12,23H,2,5,8-10H2,1H3/b13-11+. The molecule has 1 aromatic heterocycles.